The van der Waals surface area contributed by atoms with Crippen molar-refractivity contribution in [2.24, 2.45) is 0 Å². The number of aromatic nitrogens is 2. The molecule has 0 aliphatic carbocycles. The minimum absolute atomic E-state index is 0.0530. The van der Waals surface area contributed by atoms with Gasteiger partial charge < -0.3 is 10.6 Å². The number of hydrogen-bond donors (Lipinski definition) is 2. The molecule has 2 N–H and O–H groups in total. The van der Waals surface area contributed by atoms with E-state index in [1.165, 1.54) is 23.1 Å². The zero-order valence-electron chi connectivity index (χ0n) is 13.9. The molecule has 1 amide bonds. The average molecular weight is 371 g/mol. The average Bonchev–Trinajstić information content (AvgIpc) is 3.00. The Kier molecular flexibility index (Phi) is 5.67. The minimum atomic E-state index is -0.0530. The van der Waals surface area contributed by atoms with Crippen molar-refractivity contribution in [2.75, 3.05) is 16.4 Å². The molecular weight excluding hydrogens is 352 g/mol. The lowest BCUT2D eigenvalue weighted by Gasteiger charge is -2.06. The lowest BCUT2D eigenvalue weighted by Crippen LogP contribution is -2.14. The van der Waals surface area contributed by atoms with E-state index >= 15 is 0 Å². The number of aryl methyl sites for hydroxylation is 2. The molecule has 1 aromatic heterocycles. The maximum atomic E-state index is 12.1. The van der Waals surface area contributed by atoms with Crippen molar-refractivity contribution in [3.63, 3.8) is 0 Å². The molecule has 3 aromatic rings. The normalized spacial score (nSPS) is 10.5. The van der Waals surface area contributed by atoms with Gasteiger partial charge in [-0.15, -0.1) is 10.2 Å². The highest BCUT2D eigenvalue weighted by Gasteiger charge is 2.09. The molecule has 0 aliphatic heterocycles. The predicted molar refractivity (Wildman–Crippen MR) is 105 cm³/mol. The summed E-state index contributed by atoms with van der Waals surface area (Å²) >= 11 is 2.81. The second-order valence-electron chi connectivity index (χ2n) is 5.58. The summed E-state index contributed by atoms with van der Waals surface area (Å²) in [6.45, 7) is 4.03. The molecule has 7 heteroatoms. The van der Waals surface area contributed by atoms with E-state index in [9.17, 15) is 4.79 Å². The molecule has 0 aliphatic rings. The highest BCUT2D eigenvalue weighted by molar-refractivity contribution is 8.01. The van der Waals surface area contributed by atoms with Gasteiger partial charge in [-0.25, -0.2) is 0 Å². The number of carbonyl (C=O) groups is 1. The first kappa shape index (κ1) is 17.4. The molecule has 3 rings (SSSR count). The van der Waals surface area contributed by atoms with Gasteiger partial charge >= 0.3 is 0 Å². The van der Waals surface area contributed by atoms with E-state index in [4.69, 9.17) is 0 Å². The van der Waals surface area contributed by atoms with Crippen LogP contribution in [-0.2, 0) is 4.79 Å². The molecule has 0 unspecified atom stereocenters. The molecule has 0 saturated heterocycles. The monoisotopic (exact) mass is 370 g/mol. The zero-order valence-corrected chi connectivity index (χ0v) is 15.6. The van der Waals surface area contributed by atoms with Gasteiger partial charge in [0.2, 0.25) is 11.0 Å². The molecule has 0 fully saturated rings. The lowest BCUT2D eigenvalue weighted by atomic mass is 10.1. The number of hydrogen-bond acceptors (Lipinski definition) is 6. The van der Waals surface area contributed by atoms with Gasteiger partial charge in [-0.1, -0.05) is 47.4 Å². The van der Waals surface area contributed by atoms with Crippen LogP contribution in [0, 0.1) is 13.8 Å². The smallest absolute Gasteiger partial charge is 0.234 e. The topological polar surface area (TPSA) is 66.9 Å². The number of amides is 1. The Morgan fingerprint density at radius 2 is 1.76 bits per heavy atom. The first-order chi connectivity index (χ1) is 12.1. The minimum Gasteiger partial charge on any atom is -0.330 e. The SMILES string of the molecule is Cc1cc(C)cc(NC(=O)CSc2nnc(Nc3ccccc3)s2)c1. The Morgan fingerprint density at radius 1 is 1.04 bits per heavy atom. The second kappa shape index (κ2) is 8.13. The number of nitrogens with zero attached hydrogens (tertiary/aromatic N) is 2. The van der Waals surface area contributed by atoms with Crippen LogP contribution in [0.15, 0.2) is 52.9 Å². The number of thioether (sulfide) groups is 1. The van der Waals surface area contributed by atoms with Crippen molar-refractivity contribution in [1.82, 2.24) is 10.2 Å². The van der Waals surface area contributed by atoms with E-state index in [2.05, 4.69) is 26.9 Å². The number of carbonyl (C=O) groups excluding carboxylic acids is 1. The van der Waals surface area contributed by atoms with Gasteiger partial charge in [0.25, 0.3) is 0 Å². The fourth-order valence-corrected chi connectivity index (χ4v) is 3.91. The van der Waals surface area contributed by atoms with E-state index in [-0.39, 0.29) is 5.91 Å². The van der Waals surface area contributed by atoms with E-state index in [1.807, 2.05) is 56.3 Å². The van der Waals surface area contributed by atoms with Gasteiger partial charge in [-0.3, -0.25) is 4.79 Å². The van der Waals surface area contributed by atoms with Crippen molar-refractivity contribution in [1.29, 1.82) is 0 Å². The Bertz CT molecular complexity index is 844. The third-order valence-corrected chi connectivity index (χ3v) is 5.24. The molecule has 1 heterocycles. The van der Waals surface area contributed by atoms with E-state index in [0.717, 1.165) is 26.8 Å². The lowest BCUT2D eigenvalue weighted by molar-refractivity contribution is -0.113. The fraction of sp³-hybridized carbons (Fsp3) is 0.167. The van der Waals surface area contributed by atoms with Crippen molar-refractivity contribution < 1.29 is 4.79 Å². The first-order valence-electron chi connectivity index (χ1n) is 7.75. The maximum absolute atomic E-state index is 12.1. The Morgan fingerprint density at radius 3 is 2.48 bits per heavy atom. The number of anilines is 3. The van der Waals surface area contributed by atoms with Gasteiger partial charge in [0, 0.05) is 11.4 Å². The van der Waals surface area contributed by atoms with Crippen molar-refractivity contribution in [2.45, 2.75) is 18.2 Å². The fourth-order valence-electron chi connectivity index (χ4n) is 2.33. The van der Waals surface area contributed by atoms with Crippen molar-refractivity contribution >= 4 is 45.5 Å². The zero-order chi connectivity index (χ0) is 17.6. The third-order valence-electron chi connectivity index (χ3n) is 3.26. The second-order valence-corrected chi connectivity index (χ2v) is 7.78. The molecule has 0 bridgehead atoms. The Hall–Kier alpha value is -2.38. The van der Waals surface area contributed by atoms with Crippen LogP contribution in [0.5, 0.6) is 0 Å². The van der Waals surface area contributed by atoms with Crippen LogP contribution in [0.3, 0.4) is 0 Å². The van der Waals surface area contributed by atoms with Crippen LogP contribution in [0.25, 0.3) is 0 Å². The highest BCUT2D eigenvalue weighted by Crippen LogP contribution is 2.27. The van der Waals surface area contributed by atoms with Crippen LogP contribution in [0.2, 0.25) is 0 Å². The number of nitrogens with one attached hydrogen (secondary N) is 2. The van der Waals surface area contributed by atoms with Gasteiger partial charge in [0.1, 0.15) is 0 Å². The Balaban J connectivity index is 1.52. The van der Waals surface area contributed by atoms with Crippen LogP contribution < -0.4 is 10.6 Å². The molecular formula is C18H18N4OS2. The molecule has 0 saturated carbocycles. The molecule has 2 aromatic carbocycles. The number of benzene rings is 2. The van der Waals surface area contributed by atoms with Crippen LogP contribution in [-0.4, -0.2) is 21.9 Å². The van der Waals surface area contributed by atoms with Gasteiger partial charge in [-0.2, -0.15) is 0 Å². The highest BCUT2D eigenvalue weighted by atomic mass is 32.2. The quantitative estimate of drug-likeness (QED) is 0.619. The van der Waals surface area contributed by atoms with Crippen LogP contribution >= 0.6 is 23.1 Å². The molecule has 0 atom stereocenters. The van der Waals surface area contributed by atoms with E-state index in [1.54, 1.807) is 0 Å². The molecule has 0 spiro atoms. The summed E-state index contributed by atoms with van der Waals surface area (Å²) in [6.07, 6.45) is 0. The molecule has 128 valence electrons. The summed E-state index contributed by atoms with van der Waals surface area (Å²) < 4.78 is 0.758. The summed E-state index contributed by atoms with van der Waals surface area (Å²) in [5.74, 6) is 0.246. The Labute approximate surface area is 154 Å². The summed E-state index contributed by atoms with van der Waals surface area (Å²) in [5, 5.41) is 15.0. The van der Waals surface area contributed by atoms with Gasteiger partial charge in [-0.05, 0) is 49.2 Å². The van der Waals surface area contributed by atoms with Gasteiger partial charge in [0.15, 0.2) is 4.34 Å². The van der Waals surface area contributed by atoms with Gasteiger partial charge in [0.05, 0.1) is 5.75 Å². The molecule has 5 nitrogen and oxygen atoms in total. The van der Waals surface area contributed by atoms with Crippen molar-refractivity contribution in [3.8, 4) is 0 Å². The standard InChI is InChI=1S/C18H18N4OS2/c1-12-8-13(2)10-15(9-12)19-16(23)11-24-18-22-21-17(25-18)20-14-6-4-3-5-7-14/h3-10H,11H2,1-2H3,(H,19,23)(H,20,21). The molecule has 0 radical (unpaired) electrons. The maximum Gasteiger partial charge on any atom is 0.234 e. The van der Waals surface area contributed by atoms with Crippen LogP contribution in [0.4, 0.5) is 16.5 Å². The molecule has 25 heavy (non-hydrogen) atoms. The number of para-hydroxylation sites is 1. The largest absolute Gasteiger partial charge is 0.330 e. The van der Waals surface area contributed by atoms with E-state index < -0.39 is 0 Å². The third kappa shape index (κ3) is 5.30. The first-order valence-corrected chi connectivity index (χ1v) is 9.55. The number of rotatable bonds is 6. The van der Waals surface area contributed by atoms with Crippen LogP contribution in [0.1, 0.15) is 11.1 Å². The summed E-state index contributed by atoms with van der Waals surface area (Å²) in [7, 11) is 0. The van der Waals surface area contributed by atoms with Crippen molar-refractivity contribution in [3.05, 3.63) is 59.7 Å². The predicted octanol–water partition coefficient (Wildman–Crippen LogP) is 4.63. The summed E-state index contributed by atoms with van der Waals surface area (Å²) in [4.78, 5) is 12.1. The summed E-state index contributed by atoms with van der Waals surface area (Å²) in [5.41, 5.74) is 4.04. The van der Waals surface area contributed by atoms with E-state index in [0.29, 0.717) is 10.9 Å². The summed E-state index contributed by atoms with van der Waals surface area (Å²) in [6, 6.07) is 15.8.